The van der Waals surface area contributed by atoms with Crippen LogP contribution in [0.15, 0.2) is 54.6 Å². The van der Waals surface area contributed by atoms with Crippen molar-refractivity contribution in [2.24, 2.45) is 0 Å². The number of ether oxygens (including phenoxy) is 1. The number of carbonyl (C=O) groups excluding carboxylic acids is 3. The summed E-state index contributed by atoms with van der Waals surface area (Å²) in [6.07, 6.45) is 0.780. The van der Waals surface area contributed by atoms with Crippen molar-refractivity contribution >= 4 is 23.5 Å². The van der Waals surface area contributed by atoms with Crippen molar-refractivity contribution in [2.45, 2.75) is 26.7 Å². The summed E-state index contributed by atoms with van der Waals surface area (Å²) in [5, 5.41) is 2.65. The first-order valence-electron chi connectivity index (χ1n) is 9.42. The number of carbonyl (C=O) groups is 3. The number of nitrogens with zero attached hydrogens (tertiary/aromatic N) is 1. The zero-order valence-corrected chi connectivity index (χ0v) is 16.3. The number of nitrogens with one attached hydrogen (secondary N) is 1. The number of aryl methyl sites for hydroxylation is 1. The first-order chi connectivity index (χ1) is 13.5. The van der Waals surface area contributed by atoms with Crippen LogP contribution in [0.25, 0.3) is 0 Å². The van der Waals surface area contributed by atoms with Gasteiger partial charge in [0.25, 0.3) is 11.8 Å². The van der Waals surface area contributed by atoms with E-state index < -0.39 is 11.9 Å². The number of esters is 1. The summed E-state index contributed by atoms with van der Waals surface area (Å²) < 4.78 is 5.02. The van der Waals surface area contributed by atoms with E-state index in [0.29, 0.717) is 30.8 Å². The number of rotatable bonds is 9. The van der Waals surface area contributed by atoms with E-state index >= 15 is 0 Å². The van der Waals surface area contributed by atoms with Crippen molar-refractivity contribution in [3.63, 3.8) is 0 Å². The van der Waals surface area contributed by atoms with Crippen molar-refractivity contribution in [1.82, 2.24) is 4.90 Å². The molecular weight excluding hydrogens is 356 g/mol. The molecule has 0 heterocycles. The molecule has 2 rings (SSSR count). The molecule has 0 aromatic heterocycles. The Morgan fingerprint density at radius 2 is 1.68 bits per heavy atom. The Labute approximate surface area is 165 Å². The maximum Gasteiger partial charge on any atom is 0.306 e. The zero-order valence-electron chi connectivity index (χ0n) is 16.3. The van der Waals surface area contributed by atoms with Crippen LogP contribution in [0.3, 0.4) is 0 Å². The fourth-order valence-electron chi connectivity index (χ4n) is 2.73. The molecule has 6 nitrogen and oxygen atoms in total. The van der Waals surface area contributed by atoms with Crippen molar-refractivity contribution in [2.75, 3.05) is 25.0 Å². The summed E-state index contributed by atoms with van der Waals surface area (Å²) in [5.41, 5.74) is 2.03. The van der Waals surface area contributed by atoms with Gasteiger partial charge in [-0.25, -0.2) is 0 Å². The van der Waals surface area contributed by atoms with E-state index in [2.05, 4.69) is 5.32 Å². The third-order valence-corrected chi connectivity index (χ3v) is 4.27. The van der Waals surface area contributed by atoms with Crippen LogP contribution in [-0.2, 0) is 20.7 Å². The molecule has 1 N–H and O–H groups in total. The molecule has 0 spiro atoms. The molecule has 0 radical (unpaired) electrons. The van der Waals surface area contributed by atoms with Gasteiger partial charge in [0.05, 0.1) is 0 Å². The minimum atomic E-state index is -0.444. The first-order valence-corrected chi connectivity index (χ1v) is 9.42. The Bertz CT molecular complexity index is 801. The highest BCUT2D eigenvalue weighted by atomic mass is 16.5. The zero-order chi connectivity index (χ0) is 20.4. The van der Waals surface area contributed by atoms with Gasteiger partial charge in [-0.3, -0.25) is 14.4 Å². The van der Waals surface area contributed by atoms with Crippen LogP contribution in [-0.4, -0.2) is 42.4 Å². The molecule has 148 valence electrons. The van der Waals surface area contributed by atoms with Gasteiger partial charge in [-0.1, -0.05) is 36.4 Å². The number of hydrogen-bond donors (Lipinski definition) is 1. The number of benzene rings is 2. The third kappa shape index (κ3) is 6.54. The second-order valence-electron chi connectivity index (χ2n) is 6.25. The molecule has 0 aliphatic rings. The number of hydrogen-bond acceptors (Lipinski definition) is 4. The summed E-state index contributed by atoms with van der Waals surface area (Å²) in [5.74, 6) is -0.960. The molecule has 2 aromatic carbocycles. The quantitative estimate of drug-likeness (QED) is 0.675. The molecule has 0 saturated carbocycles. The monoisotopic (exact) mass is 382 g/mol. The average molecular weight is 382 g/mol. The van der Waals surface area contributed by atoms with Gasteiger partial charge in [-0.05, 0) is 44.0 Å². The normalized spacial score (nSPS) is 10.2. The van der Waals surface area contributed by atoms with Gasteiger partial charge >= 0.3 is 5.97 Å². The lowest BCUT2D eigenvalue weighted by molar-refractivity contribution is -0.147. The maximum absolute atomic E-state index is 12.4. The fourth-order valence-corrected chi connectivity index (χ4v) is 2.73. The van der Waals surface area contributed by atoms with Crippen LogP contribution < -0.4 is 5.32 Å². The highest BCUT2D eigenvalue weighted by molar-refractivity contribution is 5.97. The van der Waals surface area contributed by atoms with Gasteiger partial charge in [0.2, 0.25) is 0 Å². The maximum atomic E-state index is 12.4. The lowest BCUT2D eigenvalue weighted by Gasteiger charge is -2.19. The Hall–Kier alpha value is -3.15. The lowest BCUT2D eigenvalue weighted by Crippen LogP contribution is -2.30. The van der Waals surface area contributed by atoms with Crippen LogP contribution in [0.4, 0.5) is 5.69 Å². The van der Waals surface area contributed by atoms with E-state index in [1.165, 1.54) is 0 Å². The smallest absolute Gasteiger partial charge is 0.306 e. The molecule has 0 aliphatic carbocycles. The molecular formula is C22H26N2O4. The van der Waals surface area contributed by atoms with Gasteiger partial charge in [0.1, 0.15) is 0 Å². The Kier molecular flexibility index (Phi) is 8.21. The van der Waals surface area contributed by atoms with Gasteiger partial charge in [-0.2, -0.15) is 0 Å². The van der Waals surface area contributed by atoms with Crippen molar-refractivity contribution < 1.29 is 19.1 Å². The van der Waals surface area contributed by atoms with Crippen LogP contribution in [0.1, 0.15) is 36.2 Å². The second kappa shape index (κ2) is 10.9. The molecule has 0 saturated heterocycles. The second-order valence-corrected chi connectivity index (χ2v) is 6.25. The largest absolute Gasteiger partial charge is 0.456 e. The highest BCUT2D eigenvalue weighted by Crippen LogP contribution is 2.13. The summed E-state index contributed by atoms with van der Waals surface area (Å²) in [6, 6.07) is 16.3. The third-order valence-electron chi connectivity index (χ3n) is 4.27. The van der Waals surface area contributed by atoms with Gasteiger partial charge < -0.3 is 15.0 Å². The topological polar surface area (TPSA) is 75.7 Å². The Morgan fingerprint density at radius 1 is 0.964 bits per heavy atom. The average Bonchev–Trinajstić information content (AvgIpc) is 2.72. The van der Waals surface area contributed by atoms with E-state index in [1.807, 2.05) is 44.2 Å². The van der Waals surface area contributed by atoms with E-state index in [-0.39, 0.29) is 18.9 Å². The molecule has 28 heavy (non-hydrogen) atoms. The highest BCUT2D eigenvalue weighted by Gasteiger charge is 2.14. The summed E-state index contributed by atoms with van der Waals surface area (Å²) >= 11 is 0. The summed E-state index contributed by atoms with van der Waals surface area (Å²) in [7, 11) is 0. The van der Waals surface area contributed by atoms with Crippen molar-refractivity contribution in [3.05, 3.63) is 65.7 Å². The van der Waals surface area contributed by atoms with E-state index in [9.17, 15) is 14.4 Å². The fraction of sp³-hybridized carbons (Fsp3) is 0.318. The molecule has 0 unspecified atom stereocenters. The van der Waals surface area contributed by atoms with E-state index in [0.717, 1.165) is 5.56 Å². The number of amides is 2. The van der Waals surface area contributed by atoms with Gasteiger partial charge in [0.15, 0.2) is 6.61 Å². The van der Waals surface area contributed by atoms with Gasteiger partial charge in [-0.15, -0.1) is 0 Å². The van der Waals surface area contributed by atoms with Crippen molar-refractivity contribution in [1.29, 1.82) is 0 Å². The van der Waals surface area contributed by atoms with Crippen LogP contribution >= 0.6 is 0 Å². The lowest BCUT2D eigenvalue weighted by atomic mass is 10.1. The number of anilines is 1. The van der Waals surface area contributed by atoms with Crippen LogP contribution in [0, 0.1) is 0 Å². The van der Waals surface area contributed by atoms with Crippen LogP contribution in [0.2, 0.25) is 0 Å². The van der Waals surface area contributed by atoms with E-state index in [4.69, 9.17) is 4.74 Å². The van der Waals surface area contributed by atoms with E-state index in [1.54, 1.807) is 29.2 Å². The molecule has 2 aromatic rings. The standard InChI is InChI=1S/C22H26N2O4/c1-3-24(4-2)22(27)18-11-8-12-19(15-18)23-20(25)16-28-21(26)14-13-17-9-6-5-7-10-17/h5-12,15H,3-4,13-14,16H2,1-2H3,(H,23,25). The predicted molar refractivity (Wildman–Crippen MR) is 108 cm³/mol. The Balaban J connectivity index is 1.81. The SMILES string of the molecule is CCN(CC)C(=O)c1cccc(NC(=O)COC(=O)CCc2ccccc2)c1. The van der Waals surface area contributed by atoms with Crippen molar-refractivity contribution in [3.8, 4) is 0 Å². The molecule has 0 fully saturated rings. The predicted octanol–water partition coefficient (Wildman–Crippen LogP) is 3.28. The molecule has 2 amide bonds. The molecule has 0 bridgehead atoms. The first kappa shape index (κ1) is 21.2. The molecule has 0 atom stereocenters. The van der Waals surface area contributed by atoms with Gasteiger partial charge in [0, 0.05) is 30.8 Å². The molecule has 6 heteroatoms. The summed E-state index contributed by atoms with van der Waals surface area (Å²) in [6.45, 7) is 4.70. The van der Waals surface area contributed by atoms with Crippen LogP contribution in [0.5, 0.6) is 0 Å². The Morgan fingerprint density at radius 3 is 2.36 bits per heavy atom. The molecule has 0 aliphatic heterocycles. The summed E-state index contributed by atoms with van der Waals surface area (Å²) in [4.78, 5) is 37.9. The minimum absolute atomic E-state index is 0.0894. The minimum Gasteiger partial charge on any atom is -0.456 e.